The lowest BCUT2D eigenvalue weighted by Gasteiger charge is -2.13. The van der Waals surface area contributed by atoms with Gasteiger partial charge in [-0.15, -0.1) is 10.2 Å². The molecule has 1 amide bonds. The molecule has 1 atom stereocenters. The van der Waals surface area contributed by atoms with Gasteiger partial charge >= 0.3 is 0 Å². The molecule has 0 saturated carbocycles. The van der Waals surface area contributed by atoms with E-state index >= 15 is 0 Å². The summed E-state index contributed by atoms with van der Waals surface area (Å²) in [5.41, 5.74) is 7.18. The zero-order chi connectivity index (χ0) is 26.6. The van der Waals surface area contributed by atoms with Crippen molar-refractivity contribution < 1.29 is 9.53 Å². The number of nitrogens with one attached hydrogen (secondary N) is 1. The molecule has 3 heterocycles. The third-order valence-corrected chi connectivity index (χ3v) is 6.82. The predicted octanol–water partition coefficient (Wildman–Crippen LogP) is 6.29. The van der Waals surface area contributed by atoms with Gasteiger partial charge in [-0.2, -0.15) is 0 Å². The Kier molecular flexibility index (Phi) is 6.89. The van der Waals surface area contributed by atoms with Gasteiger partial charge in [0.25, 0.3) is 5.91 Å². The van der Waals surface area contributed by atoms with E-state index in [4.69, 9.17) is 9.73 Å². The van der Waals surface area contributed by atoms with Crippen molar-refractivity contribution in [2.24, 2.45) is 4.99 Å². The van der Waals surface area contributed by atoms with Crippen LogP contribution in [0.25, 0.3) is 22.0 Å². The van der Waals surface area contributed by atoms with Crippen LogP contribution in [0.5, 0.6) is 0 Å². The molecule has 0 radical (unpaired) electrons. The number of pyridine rings is 1. The number of aliphatic imine (C=N–C) groups is 1. The molecule has 6 rings (SSSR count). The lowest BCUT2D eigenvalue weighted by Crippen LogP contribution is -2.27. The maximum Gasteiger partial charge on any atom is 0.254 e. The largest absolute Gasteiger partial charge is 0.368 e. The number of rotatable bonds is 6. The van der Waals surface area contributed by atoms with Gasteiger partial charge in [-0.3, -0.25) is 9.78 Å². The highest BCUT2D eigenvalue weighted by atomic mass is 16.5. The third kappa shape index (κ3) is 5.30. The zero-order valence-electron chi connectivity index (χ0n) is 21.5. The number of hydrogen-bond donors (Lipinski definition) is 1. The van der Waals surface area contributed by atoms with Gasteiger partial charge in [0.15, 0.2) is 5.82 Å². The molecule has 2 aromatic heterocycles. The van der Waals surface area contributed by atoms with Gasteiger partial charge in [-0.25, -0.2) is 4.99 Å². The fourth-order valence-corrected chi connectivity index (χ4v) is 4.81. The fraction of sp³-hybridized carbons (Fsp3) is 0.156. The Balaban J connectivity index is 1.52. The van der Waals surface area contributed by atoms with Gasteiger partial charge in [0.05, 0.1) is 11.4 Å². The Labute approximate surface area is 226 Å². The average molecular weight is 514 g/mol. The van der Waals surface area contributed by atoms with Crippen LogP contribution < -0.4 is 5.32 Å². The topological polar surface area (TPSA) is 89.4 Å². The Bertz CT molecular complexity index is 1620. The first-order valence-corrected chi connectivity index (χ1v) is 13.0. The molecule has 0 bridgehead atoms. The predicted molar refractivity (Wildman–Crippen MR) is 153 cm³/mol. The Morgan fingerprint density at radius 1 is 0.949 bits per heavy atom. The summed E-state index contributed by atoms with van der Waals surface area (Å²) in [4.78, 5) is 22.2. The minimum atomic E-state index is -0.452. The van der Waals surface area contributed by atoms with Crippen LogP contribution in [0, 0.1) is 6.92 Å². The second kappa shape index (κ2) is 10.9. The van der Waals surface area contributed by atoms with Crippen molar-refractivity contribution in [1.82, 2.24) is 15.2 Å². The van der Waals surface area contributed by atoms with Crippen LogP contribution in [0.4, 0.5) is 11.5 Å². The molecule has 7 heteroatoms. The van der Waals surface area contributed by atoms with Crippen molar-refractivity contribution >= 4 is 34.0 Å². The van der Waals surface area contributed by atoms with E-state index in [2.05, 4.69) is 27.4 Å². The number of nitrogens with zero attached hydrogens (tertiary/aromatic N) is 4. The average Bonchev–Trinajstić information content (AvgIpc) is 3.52. The molecule has 3 aromatic carbocycles. The smallest absolute Gasteiger partial charge is 0.254 e. The van der Waals surface area contributed by atoms with Crippen LogP contribution in [0.15, 0.2) is 102 Å². The number of aryl methyl sites for hydroxylation is 1. The maximum atomic E-state index is 12.7. The molecule has 7 nitrogen and oxygen atoms in total. The Hall–Kier alpha value is -4.75. The Morgan fingerprint density at radius 3 is 2.36 bits per heavy atom. The van der Waals surface area contributed by atoms with Gasteiger partial charge in [0.1, 0.15) is 11.6 Å². The number of anilines is 1. The van der Waals surface area contributed by atoms with Crippen molar-refractivity contribution in [3.63, 3.8) is 0 Å². The molecular weight excluding hydrogens is 486 g/mol. The lowest BCUT2D eigenvalue weighted by molar-refractivity contribution is -0.124. The highest BCUT2D eigenvalue weighted by Crippen LogP contribution is 2.34. The van der Waals surface area contributed by atoms with E-state index in [1.165, 1.54) is 0 Å². The number of hydrogen-bond acceptors (Lipinski definition) is 6. The van der Waals surface area contributed by atoms with E-state index in [-0.39, 0.29) is 5.91 Å². The summed E-state index contributed by atoms with van der Waals surface area (Å²) >= 11 is 0. The van der Waals surface area contributed by atoms with Gasteiger partial charge in [-0.1, -0.05) is 60.7 Å². The summed E-state index contributed by atoms with van der Waals surface area (Å²) in [6.45, 7) is 2.66. The molecule has 1 unspecified atom stereocenters. The minimum Gasteiger partial charge on any atom is -0.368 e. The number of carbonyl (C=O) groups is 1. The van der Waals surface area contributed by atoms with Crippen molar-refractivity contribution in [3.05, 3.63) is 114 Å². The summed E-state index contributed by atoms with van der Waals surface area (Å²) in [6, 6.07) is 28.1. The highest BCUT2D eigenvalue weighted by Gasteiger charge is 2.24. The van der Waals surface area contributed by atoms with E-state index < -0.39 is 6.10 Å². The molecule has 1 aliphatic rings. The van der Waals surface area contributed by atoms with E-state index in [1.807, 2.05) is 91.1 Å². The Morgan fingerprint density at radius 2 is 1.69 bits per heavy atom. The van der Waals surface area contributed by atoms with Crippen LogP contribution in [0.1, 0.15) is 29.5 Å². The van der Waals surface area contributed by atoms with Gasteiger partial charge in [0, 0.05) is 41.1 Å². The number of benzene rings is 3. The quantitative estimate of drug-likeness (QED) is 0.270. The molecule has 39 heavy (non-hydrogen) atoms. The number of ether oxygens (including phenoxy) is 1. The van der Waals surface area contributed by atoms with Crippen LogP contribution in [0.3, 0.4) is 0 Å². The molecule has 1 N–H and O–H groups in total. The fourth-order valence-electron chi connectivity index (χ4n) is 4.81. The lowest BCUT2D eigenvalue weighted by atomic mass is 9.99. The molecule has 1 aliphatic heterocycles. The van der Waals surface area contributed by atoms with Crippen LogP contribution in [0.2, 0.25) is 0 Å². The molecular formula is C32H27N5O2. The SMILES string of the molecule is Cc1ccncc1-c1cc(N=C(c2ccccc2)c2ccccc2)c2nnc(NC(=O)C3CCCO3)cc2c1. The highest BCUT2D eigenvalue weighted by molar-refractivity contribution is 6.15. The standard InChI is InChI=1S/C32H27N5O2/c1-21-14-15-33-20-26(21)24-17-25-19-29(35-32(38)28-13-8-16-39-28)36-37-31(25)27(18-24)34-30(22-9-4-2-5-10-22)23-11-6-3-7-12-23/h2-7,9-12,14-15,17-20,28H,8,13,16H2,1H3,(H,35,36,38). The van der Waals surface area contributed by atoms with E-state index in [0.717, 1.165) is 45.3 Å². The first-order valence-electron chi connectivity index (χ1n) is 13.0. The zero-order valence-corrected chi connectivity index (χ0v) is 21.5. The van der Waals surface area contributed by atoms with Crippen molar-refractivity contribution in [3.8, 4) is 11.1 Å². The third-order valence-electron chi connectivity index (χ3n) is 6.82. The summed E-state index contributed by atoms with van der Waals surface area (Å²) in [6.07, 6.45) is 4.77. The molecule has 1 saturated heterocycles. The van der Waals surface area contributed by atoms with E-state index in [9.17, 15) is 4.79 Å². The first-order chi connectivity index (χ1) is 19.2. The molecule has 5 aromatic rings. The second-order valence-corrected chi connectivity index (χ2v) is 9.54. The summed E-state index contributed by atoms with van der Waals surface area (Å²) in [5, 5.41) is 12.5. The van der Waals surface area contributed by atoms with Crippen LogP contribution in [-0.4, -0.2) is 39.5 Å². The molecule has 192 valence electrons. The van der Waals surface area contributed by atoms with E-state index in [0.29, 0.717) is 30.0 Å². The van der Waals surface area contributed by atoms with Crippen molar-refractivity contribution in [2.75, 3.05) is 11.9 Å². The number of amides is 1. The first kappa shape index (κ1) is 24.6. The summed E-state index contributed by atoms with van der Waals surface area (Å²) in [7, 11) is 0. The number of fused-ring (bicyclic) bond motifs is 1. The molecule has 1 fully saturated rings. The van der Waals surface area contributed by atoms with Crippen LogP contribution >= 0.6 is 0 Å². The van der Waals surface area contributed by atoms with Crippen LogP contribution in [-0.2, 0) is 9.53 Å². The van der Waals surface area contributed by atoms with Crippen molar-refractivity contribution in [2.45, 2.75) is 25.9 Å². The van der Waals surface area contributed by atoms with Gasteiger partial charge < -0.3 is 10.1 Å². The summed E-state index contributed by atoms with van der Waals surface area (Å²) in [5.74, 6) is 0.179. The normalized spacial score (nSPS) is 14.7. The van der Waals surface area contributed by atoms with E-state index in [1.54, 1.807) is 6.20 Å². The van der Waals surface area contributed by atoms with Crippen molar-refractivity contribution in [1.29, 1.82) is 0 Å². The van der Waals surface area contributed by atoms with Gasteiger partial charge in [0.2, 0.25) is 0 Å². The monoisotopic (exact) mass is 513 g/mol. The second-order valence-electron chi connectivity index (χ2n) is 9.54. The number of carbonyl (C=O) groups excluding carboxylic acids is 1. The maximum absolute atomic E-state index is 12.7. The summed E-state index contributed by atoms with van der Waals surface area (Å²) < 4.78 is 5.53. The molecule has 0 aliphatic carbocycles. The minimum absolute atomic E-state index is 0.200. The van der Waals surface area contributed by atoms with Gasteiger partial charge in [-0.05, 0) is 55.2 Å². The number of aromatic nitrogens is 3. The molecule has 0 spiro atoms.